The number of hydrogen-bond acceptors (Lipinski definition) is 4. The lowest BCUT2D eigenvalue weighted by molar-refractivity contribution is -0.137. The van der Waals surface area contributed by atoms with Crippen LogP contribution in [0.2, 0.25) is 5.02 Å². The highest BCUT2D eigenvalue weighted by Crippen LogP contribution is 2.38. The van der Waals surface area contributed by atoms with Crippen molar-refractivity contribution < 1.29 is 18.7 Å². The quantitative estimate of drug-likeness (QED) is 0.580. The zero-order valence-corrected chi connectivity index (χ0v) is 17.5. The number of rotatable bonds is 6. The predicted octanol–water partition coefficient (Wildman–Crippen LogP) is 3.97. The molecule has 0 amide bonds. The smallest absolute Gasteiger partial charge is 0.325 e. The molecule has 0 saturated heterocycles. The summed E-state index contributed by atoms with van der Waals surface area (Å²) in [5.41, 5.74) is 4.02. The Hall–Kier alpha value is -2.68. The van der Waals surface area contributed by atoms with Crippen LogP contribution in [0.4, 0.5) is 5.69 Å². The molecule has 1 aliphatic rings. The summed E-state index contributed by atoms with van der Waals surface area (Å²) >= 11 is 3.44. The molecule has 7 nitrogen and oxygen atoms in total. The summed E-state index contributed by atoms with van der Waals surface area (Å²) in [7, 11) is 0. The minimum Gasteiger partial charge on any atom is -0.755 e. The molecule has 0 fully saturated rings. The molecule has 1 N–H and O–H groups in total. The van der Waals surface area contributed by atoms with Gasteiger partial charge in [0.1, 0.15) is 6.54 Å². The molecule has 1 aromatic heterocycles. The molecule has 9 heteroatoms. The van der Waals surface area contributed by atoms with Gasteiger partial charge in [-0.1, -0.05) is 35.9 Å². The van der Waals surface area contributed by atoms with E-state index < -0.39 is 23.3 Å². The average molecular weight is 445 g/mol. The van der Waals surface area contributed by atoms with Gasteiger partial charge in [0.05, 0.1) is 12.2 Å². The summed E-state index contributed by atoms with van der Waals surface area (Å²) in [5, 5.41) is 13.9. The molecule has 0 spiro atoms. The number of nitrogens with zero attached hydrogens (tertiary/aromatic N) is 3. The second-order valence-corrected chi connectivity index (χ2v) is 8.37. The lowest BCUT2D eigenvalue weighted by Crippen LogP contribution is -2.33. The van der Waals surface area contributed by atoms with Crippen molar-refractivity contribution in [3.05, 3.63) is 71.0 Å². The molecule has 0 bridgehead atoms. The second kappa shape index (κ2) is 8.59. The van der Waals surface area contributed by atoms with E-state index in [-0.39, 0.29) is 6.54 Å². The molecular weight excluding hydrogens is 426 g/mol. The Balaban J connectivity index is 1.66. The lowest BCUT2D eigenvalue weighted by atomic mass is 9.92. The first kappa shape index (κ1) is 20.6. The summed E-state index contributed by atoms with van der Waals surface area (Å²) in [5.74, 6) is -0.981. The van der Waals surface area contributed by atoms with E-state index in [0.717, 1.165) is 28.8 Å². The average Bonchev–Trinajstić information content (AvgIpc) is 3.12. The van der Waals surface area contributed by atoms with Gasteiger partial charge in [0.15, 0.2) is 0 Å². The number of fused-ring (bicyclic) bond motifs is 1. The fourth-order valence-corrected chi connectivity index (χ4v) is 4.76. The van der Waals surface area contributed by atoms with E-state index >= 15 is 0 Å². The van der Waals surface area contributed by atoms with Crippen molar-refractivity contribution >= 4 is 34.5 Å². The minimum atomic E-state index is -2.50. The van der Waals surface area contributed by atoms with Crippen LogP contribution in [0.5, 0.6) is 0 Å². The molecule has 1 aliphatic carbocycles. The lowest BCUT2D eigenvalue weighted by Gasteiger charge is -2.37. The molecule has 0 aliphatic heterocycles. The predicted molar refractivity (Wildman–Crippen MR) is 114 cm³/mol. The van der Waals surface area contributed by atoms with Crippen LogP contribution >= 0.6 is 11.6 Å². The van der Waals surface area contributed by atoms with E-state index in [1.54, 1.807) is 18.3 Å². The molecule has 4 rings (SSSR count). The second-order valence-electron chi connectivity index (χ2n) is 7.10. The minimum absolute atomic E-state index is 0.238. The van der Waals surface area contributed by atoms with Crippen molar-refractivity contribution in [2.45, 2.75) is 31.8 Å². The van der Waals surface area contributed by atoms with Crippen LogP contribution in [0.3, 0.4) is 0 Å². The monoisotopic (exact) mass is 444 g/mol. The van der Waals surface area contributed by atoms with E-state index in [4.69, 9.17) is 16.7 Å². The maximum Gasteiger partial charge on any atom is 0.325 e. The van der Waals surface area contributed by atoms with Crippen molar-refractivity contribution in [2.75, 3.05) is 4.31 Å². The highest BCUT2D eigenvalue weighted by Gasteiger charge is 2.30. The van der Waals surface area contributed by atoms with Crippen molar-refractivity contribution in [1.82, 2.24) is 9.78 Å². The van der Waals surface area contributed by atoms with Crippen molar-refractivity contribution in [1.29, 1.82) is 0 Å². The number of hydrogen-bond donors (Lipinski definition) is 1. The van der Waals surface area contributed by atoms with Crippen LogP contribution in [-0.2, 0) is 29.0 Å². The molecule has 3 aromatic rings. The van der Waals surface area contributed by atoms with Gasteiger partial charge in [-0.2, -0.15) is 5.10 Å². The third-order valence-electron chi connectivity index (χ3n) is 5.26. The molecule has 2 unspecified atom stereocenters. The third-order valence-corrected chi connectivity index (χ3v) is 6.30. The van der Waals surface area contributed by atoms with E-state index in [9.17, 15) is 13.6 Å². The van der Waals surface area contributed by atoms with Crippen LogP contribution in [0, 0.1) is 0 Å². The zero-order valence-electron chi connectivity index (χ0n) is 15.9. The first-order valence-electron chi connectivity index (χ1n) is 9.45. The van der Waals surface area contributed by atoms with Gasteiger partial charge in [-0.25, -0.2) is 0 Å². The van der Waals surface area contributed by atoms with Gasteiger partial charge >= 0.3 is 5.97 Å². The number of halogens is 1. The first-order valence-corrected chi connectivity index (χ1v) is 10.9. The van der Waals surface area contributed by atoms with Gasteiger partial charge in [0.25, 0.3) is 0 Å². The normalized spacial score (nSPS) is 16.7. The highest BCUT2D eigenvalue weighted by molar-refractivity contribution is 7.80. The summed E-state index contributed by atoms with van der Waals surface area (Å²) in [6.45, 7) is -0.238. The highest BCUT2D eigenvalue weighted by atomic mass is 35.5. The molecule has 0 saturated carbocycles. The SMILES string of the molecule is O=C(O)Cn1ncc2c1CCCC2N(c1ccc(-c2ccc(Cl)cc2)cc1)S(=O)[O-]. The third kappa shape index (κ3) is 4.12. The molecule has 30 heavy (non-hydrogen) atoms. The molecule has 156 valence electrons. The largest absolute Gasteiger partial charge is 0.755 e. The van der Waals surface area contributed by atoms with Crippen molar-refractivity contribution in [3.8, 4) is 11.1 Å². The van der Waals surface area contributed by atoms with Crippen LogP contribution in [0.15, 0.2) is 54.7 Å². The van der Waals surface area contributed by atoms with Crippen molar-refractivity contribution in [3.63, 3.8) is 0 Å². The standard InChI is InChI=1S/C21H20ClN3O4S/c22-16-8-4-14(5-9-16)15-6-10-17(11-7-15)25(30(28)29)20-3-1-2-19-18(20)12-23-24(19)13-21(26)27/h4-12,20H,1-3,13H2,(H,26,27)(H,28,29)/p-1. The number of carboxylic acids is 1. The van der Waals surface area contributed by atoms with Crippen molar-refractivity contribution in [2.24, 2.45) is 0 Å². The number of carboxylic acid groups (broad SMARTS) is 1. The van der Waals surface area contributed by atoms with Gasteiger partial charge in [-0.3, -0.25) is 18.0 Å². The Kier molecular flexibility index (Phi) is 5.90. The summed E-state index contributed by atoms with van der Waals surface area (Å²) < 4.78 is 27.1. The fourth-order valence-electron chi connectivity index (χ4n) is 3.92. The Labute approximate surface area is 181 Å². The fraction of sp³-hybridized carbons (Fsp3) is 0.238. The molecule has 2 aromatic carbocycles. The Bertz CT molecular complexity index is 1080. The number of aromatic nitrogens is 2. The van der Waals surface area contributed by atoms with Crippen LogP contribution in [0.25, 0.3) is 11.1 Å². The number of aliphatic carboxylic acids is 1. The van der Waals surface area contributed by atoms with E-state index in [1.807, 2.05) is 36.4 Å². The maximum atomic E-state index is 12.2. The molecule has 2 atom stereocenters. The summed E-state index contributed by atoms with van der Waals surface area (Å²) in [6.07, 6.45) is 3.65. The van der Waals surface area contributed by atoms with Crippen LogP contribution < -0.4 is 4.31 Å². The van der Waals surface area contributed by atoms with Gasteiger partial charge < -0.3 is 9.66 Å². The Morgan fingerprint density at radius 2 is 1.83 bits per heavy atom. The van der Waals surface area contributed by atoms with E-state index in [1.165, 1.54) is 8.99 Å². The summed E-state index contributed by atoms with van der Waals surface area (Å²) in [4.78, 5) is 11.1. The zero-order chi connectivity index (χ0) is 21.3. The summed E-state index contributed by atoms with van der Waals surface area (Å²) in [6, 6.07) is 14.3. The number of anilines is 1. The Morgan fingerprint density at radius 3 is 2.43 bits per heavy atom. The molecule has 1 heterocycles. The van der Waals surface area contributed by atoms with E-state index in [2.05, 4.69) is 5.10 Å². The van der Waals surface area contributed by atoms with Gasteiger partial charge in [-0.05, 0) is 54.7 Å². The number of carbonyl (C=O) groups is 1. The van der Waals surface area contributed by atoms with E-state index in [0.29, 0.717) is 23.6 Å². The molecular formula is C21H19ClN3O4S-. The van der Waals surface area contributed by atoms with Gasteiger partial charge in [0, 0.05) is 33.2 Å². The van der Waals surface area contributed by atoms with Crippen LogP contribution in [-0.4, -0.2) is 29.6 Å². The van der Waals surface area contributed by atoms with Gasteiger partial charge in [0.2, 0.25) is 0 Å². The Morgan fingerprint density at radius 1 is 1.20 bits per heavy atom. The maximum absolute atomic E-state index is 12.2. The number of benzene rings is 2. The van der Waals surface area contributed by atoms with Gasteiger partial charge in [-0.15, -0.1) is 0 Å². The molecule has 0 radical (unpaired) electrons. The topological polar surface area (TPSA) is 98.5 Å². The van der Waals surface area contributed by atoms with Crippen LogP contribution in [0.1, 0.15) is 30.1 Å². The first-order chi connectivity index (χ1) is 14.4.